The minimum atomic E-state index is -1.01. The fourth-order valence-electron chi connectivity index (χ4n) is 4.25. The van der Waals surface area contributed by atoms with Crippen molar-refractivity contribution >= 4 is 17.5 Å². The number of imidazole rings is 1. The molecular weight excluding hydrogens is 525 g/mol. The highest BCUT2D eigenvalue weighted by Crippen LogP contribution is 2.36. The third-order valence-corrected chi connectivity index (χ3v) is 6.72. The van der Waals surface area contributed by atoms with E-state index in [-0.39, 0.29) is 36.8 Å². The maximum Gasteiger partial charge on any atom is 0.230 e. The van der Waals surface area contributed by atoms with Gasteiger partial charge in [-0.2, -0.15) is 0 Å². The molecule has 1 aliphatic carbocycles. The molecule has 2 aliphatic rings. The molecule has 6 rings (SSSR count). The van der Waals surface area contributed by atoms with Crippen LogP contribution in [0.5, 0.6) is 0 Å². The van der Waals surface area contributed by atoms with Crippen molar-refractivity contribution in [3.05, 3.63) is 78.0 Å². The van der Waals surface area contributed by atoms with Crippen molar-refractivity contribution in [3.8, 4) is 22.6 Å². The zero-order chi connectivity index (χ0) is 27.9. The van der Waals surface area contributed by atoms with Gasteiger partial charge in [0.2, 0.25) is 18.1 Å². The molecule has 9 nitrogen and oxygen atoms in total. The van der Waals surface area contributed by atoms with Crippen molar-refractivity contribution in [3.63, 3.8) is 0 Å². The molecule has 2 fully saturated rings. The molecule has 1 aliphatic heterocycles. The number of hydrogen-bond acceptors (Lipinski definition) is 7. The van der Waals surface area contributed by atoms with Crippen LogP contribution in [0, 0.1) is 22.9 Å². The normalized spacial score (nSPS) is 20.8. The minimum Gasteiger partial charge on any atom is -0.353 e. The van der Waals surface area contributed by atoms with E-state index >= 15 is 0 Å². The van der Waals surface area contributed by atoms with E-state index in [1.807, 2.05) is 0 Å². The molecule has 4 aromatic rings. The Labute approximate surface area is 227 Å². The second-order valence-corrected chi connectivity index (χ2v) is 10.1. The number of halogens is 3. The average Bonchev–Trinajstić information content (AvgIpc) is 3.66. The largest absolute Gasteiger partial charge is 0.353 e. The molecule has 40 heavy (non-hydrogen) atoms. The zero-order valence-electron chi connectivity index (χ0n) is 21.4. The fraction of sp³-hybridized carbons (Fsp3) is 0.286. The summed E-state index contributed by atoms with van der Waals surface area (Å²) in [4.78, 5) is 29.3. The van der Waals surface area contributed by atoms with E-state index < -0.39 is 29.2 Å². The van der Waals surface area contributed by atoms with Crippen LogP contribution < -0.4 is 10.6 Å². The van der Waals surface area contributed by atoms with Gasteiger partial charge in [0, 0.05) is 29.6 Å². The van der Waals surface area contributed by atoms with Gasteiger partial charge in [-0.1, -0.05) is 0 Å². The number of carbonyl (C=O) groups excluding carboxylic acids is 1. The van der Waals surface area contributed by atoms with Gasteiger partial charge >= 0.3 is 0 Å². The number of rotatable bonds is 7. The number of anilines is 2. The number of nitrogens with one attached hydrogen (secondary N) is 3. The first kappa shape index (κ1) is 26.0. The van der Waals surface area contributed by atoms with Gasteiger partial charge in [-0.25, -0.2) is 28.1 Å². The van der Waals surface area contributed by atoms with Gasteiger partial charge in [0.05, 0.1) is 35.7 Å². The molecule has 1 amide bonds. The standard InChI is InChI=1S/C28H25F3N6O3/c1-28(26(38)33-17-6-7-17)13-39-25(40-14-28)24-36-22(15-2-4-16(29)5-3-15)23(37-24)21-10-11-32-27(35-21)34-18-8-9-19(30)20(31)12-18/h2-5,8-12,17,25H,6-7,13-14H2,1H3,(H,33,38)(H,36,37)(H,32,34,35). The molecule has 0 unspecified atom stereocenters. The van der Waals surface area contributed by atoms with E-state index in [0.717, 1.165) is 25.0 Å². The summed E-state index contributed by atoms with van der Waals surface area (Å²) in [5.74, 6) is -2.01. The lowest BCUT2D eigenvalue weighted by Gasteiger charge is -2.35. The maximum absolute atomic E-state index is 13.7. The molecule has 2 aromatic carbocycles. The van der Waals surface area contributed by atoms with E-state index in [0.29, 0.717) is 28.5 Å². The molecule has 0 radical (unpaired) electrons. The number of amides is 1. The SMILES string of the molecule is CC1(C(=O)NC2CC2)COC(c2nc(-c3ccc(F)cc3)c(-c3ccnc(Nc4ccc(F)c(F)c4)n3)[nH]2)OC1. The number of nitrogens with zero attached hydrogens (tertiary/aromatic N) is 3. The van der Waals surface area contributed by atoms with Gasteiger partial charge in [0.15, 0.2) is 17.5 Å². The Morgan fingerprint density at radius 2 is 1.75 bits per heavy atom. The van der Waals surface area contributed by atoms with Gasteiger partial charge in [-0.15, -0.1) is 0 Å². The quantitative estimate of drug-likeness (QED) is 0.296. The molecule has 0 bridgehead atoms. The molecule has 0 atom stereocenters. The summed E-state index contributed by atoms with van der Waals surface area (Å²) in [7, 11) is 0. The first-order valence-corrected chi connectivity index (χ1v) is 12.7. The highest BCUT2D eigenvalue weighted by Gasteiger charge is 2.42. The number of benzene rings is 2. The summed E-state index contributed by atoms with van der Waals surface area (Å²) in [6, 6.07) is 11.0. The molecule has 1 saturated heterocycles. The minimum absolute atomic E-state index is 0.109. The van der Waals surface area contributed by atoms with E-state index in [2.05, 4.69) is 25.6 Å². The summed E-state index contributed by atoms with van der Waals surface area (Å²) in [6.45, 7) is 2.06. The van der Waals surface area contributed by atoms with Crippen LogP contribution in [0.3, 0.4) is 0 Å². The number of carbonyl (C=O) groups is 1. The lowest BCUT2D eigenvalue weighted by Crippen LogP contribution is -2.49. The molecule has 2 aromatic heterocycles. The van der Waals surface area contributed by atoms with Crippen LogP contribution in [0.4, 0.5) is 24.8 Å². The van der Waals surface area contributed by atoms with Crippen molar-refractivity contribution < 1.29 is 27.4 Å². The highest BCUT2D eigenvalue weighted by molar-refractivity contribution is 5.83. The van der Waals surface area contributed by atoms with Gasteiger partial charge < -0.3 is 25.1 Å². The third-order valence-electron chi connectivity index (χ3n) is 6.72. The van der Waals surface area contributed by atoms with E-state index in [1.165, 1.54) is 24.4 Å². The summed E-state index contributed by atoms with van der Waals surface area (Å²) < 4.78 is 52.6. The number of H-pyrrole nitrogens is 1. The topological polar surface area (TPSA) is 114 Å². The van der Waals surface area contributed by atoms with Crippen LogP contribution >= 0.6 is 0 Å². The van der Waals surface area contributed by atoms with E-state index in [9.17, 15) is 18.0 Å². The van der Waals surface area contributed by atoms with E-state index in [1.54, 1.807) is 25.1 Å². The first-order chi connectivity index (χ1) is 19.3. The predicted octanol–water partition coefficient (Wildman–Crippen LogP) is 5.02. The van der Waals surface area contributed by atoms with Crippen molar-refractivity contribution in [1.82, 2.24) is 25.3 Å². The maximum atomic E-state index is 13.7. The number of aromatic nitrogens is 4. The fourth-order valence-corrected chi connectivity index (χ4v) is 4.25. The number of ether oxygens (including phenoxy) is 2. The van der Waals surface area contributed by atoms with Crippen LogP contribution in [-0.2, 0) is 14.3 Å². The van der Waals surface area contributed by atoms with Crippen LogP contribution in [0.2, 0.25) is 0 Å². The Bertz CT molecular complexity index is 1550. The number of aromatic amines is 1. The zero-order valence-corrected chi connectivity index (χ0v) is 21.4. The Kier molecular flexibility index (Phi) is 6.72. The molecule has 3 N–H and O–H groups in total. The second kappa shape index (κ2) is 10.4. The van der Waals surface area contributed by atoms with Gasteiger partial charge in [-0.05, 0) is 62.2 Å². The molecule has 12 heteroatoms. The van der Waals surface area contributed by atoms with Gasteiger partial charge in [0.25, 0.3) is 0 Å². The Hall–Kier alpha value is -4.29. The molecule has 1 saturated carbocycles. The van der Waals surface area contributed by atoms with Gasteiger partial charge in [0.1, 0.15) is 5.82 Å². The molecule has 206 valence electrons. The van der Waals surface area contributed by atoms with Crippen molar-refractivity contribution in [2.24, 2.45) is 5.41 Å². The van der Waals surface area contributed by atoms with Crippen LogP contribution in [0.15, 0.2) is 54.7 Å². The summed E-state index contributed by atoms with van der Waals surface area (Å²) in [5.41, 5.74) is 1.39. The Morgan fingerprint density at radius 1 is 1.00 bits per heavy atom. The Morgan fingerprint density at radius 3 is 2.45 bits per heavy atom. The van der Waals surface area contributed by atoms with Crippen molar-refractivity contribution in [1.29, 1.82) is 0 Å². The second-order valence-electron chi connectivity index (χ2n) is 10.1. The lowest BCUT2D eigenvalue weighted by molar-refractivity contribution is -0.231. The molecule has 0 spiro atoms. The monoisotopic (exact) mass is 550 g/mol. The van der Waals surface area contributed by atoms with Crippen LogP contribution in [0.1, 0.15) is 31.9 Å². The Balaban J connectivity index is 1.29. The average molecular weight is 551 g/mol. The van der Waals surface area contributed by atoms with Crippen LogP contribution in [0.25, 0.3) is 22.6 Å². The van der Waals surface area contributed by atoms with Gasteiger partial charge in [-0.3, -0.25) is 4.79 Å². The smallest absolute Gasteiger partial charge is 0.230 e. The van der Waals surface area contributed by atoms with Crippen molar-refractivity contribution in [2.45, 2.75) is 32.1 Å². The third kappa shape index (κ3) is 5.40. The molecule has 3 heterocycles. The summed E-state index contributed by atoms with van der Waals surface area (Å²) in [5, 5.41) is 5.85. The van der Waals surface area contributed by atoms with Crippen molar-refractivity contribution in [2.75, 3.05) is 18.5 Å². The highest BCUT2D eigenvalue weighted by atomic mass is 19.2. The molecular formula is C28H25F3N6O3. The summed E-state index contributed by atoms with van der Waals surface area (Å²) >= 11 is 0. The predicted molar refractivity (Wildman–Crippen MR) is 139 cm³/mol. The first-order valence-electron chi connectivity index (χ1n) is 12.7. The number of hydrogen-bond donors (Lipinski definition) is 3. The van der Waals surface area contributed by atoms with E-state index in [4.69, 9.17) is 14.5 Å². The van der Waals surface area contributed by atoms with Crippen LogP contribution in [-0.4, -0.2) is 45.1 Å². The lowest BCUT2D eigenvalue weighted by atomic mass is 9.91. The summed E-state index contributed by atoms with van der Waals surface area (Å²) in [6.07, 6.45) is 2.58.